The van der Waals surface area contributed by atoms with Crippen molar-refractivity contribution >= 4 is 52.9 Å². The summed E-state index contributed by atoms with van der Waals surface area (Å²) in [6, 6.07) is 21.2. The molecule has 1 heterocycles. The first-order valence-electron chi connectivity index (χ1n) is 16.7. The number of thioether (sulfide) groups is 1. The maximum Gasteiger partial charge on any atom is 0.326 e. The highest BCUT2D eigenvalue weighted by atomic mass is 32.2. The van der Waals surface area contributed by atoms with Crippen LogP contribution in [0.15, 0.2) is 82.6 Å². The summed E-state index contributed by atoms with van der Waals surface area (Å²) in [5, 5.41) is 14.8. The first-order valence-corrected chi connectivity index (χ1v) is 18.8. The third-order valence-electron chi connectivity index (χ3n) is 8.54. The van der Waals surface area contributed by atoms with Crippen LogP contribution in [-0.4, -0.2) is 53.9 Å². The zero-order valence-electron chi connectivity index (χ0n) is 28.3. The number of benzene rings is 3. The molecule has 1 aliphatic heterocycles. The second-order valence-electron chi connectivity index (χ2n) is 12.1. The molecule has 2 atom stereocenters. The number of ether oxygens (including phenoxy) is 1. The van der Waals surface area contributed by atoms with Gasteiger partial charge in [0.2, 0.25) is 5.91 Å². The van der Waals surface area contributed by atoms with Gasteiger partial charge in [-0.2, -0.15) is 0 Å². The molecular formula is C37H48N4O5S2. The van der Waals surface area contributed by atoms with Crippen molar-refractivity contribution in [2.45, 2.75) is 93.1 Å². The van der Waals surface area contributed by atoms with Gasteiger partial charge in [0.05, 0.1) is 15.5 Å². The molecule has 9 nitrogen and oxygen atoms in total. The number of amides is 2. The Balaban J connectivity index is 1.60. The van der Waals surface area contributed by atoms with Gasteiger partial charge in [0.1, 0.15) is 17.8 Å². The lowest BCUT2D eigenvalue weighted by atomic mass is 9.87. The second kappa shape index (κ2) is 18.2. The van der Waals surface area contributed by atoms with Gasteiger partial charge in [0.15, 0.2) is 6.61 Å². The molecule has 3 aromatic rings. The molecule has 0 saturated heterocycles. The predicted molar refractivity (Wildman–Crippen MR) is 195 cm³/mol. The average Bonchev–Trinajstić information content (AvgIpc) is 3.27. The first-order chi connectivity index (χ1) is 23.2. The van der Waals surface area contributed by atoms with E-state index in [0.29, 0.717) is 11.3 Å². The molecule has 258 valence electrons. The number of anilines is 2. The molecule has 0 aliphatic carbocycles. The Hall–Kier alpha value is -3.67. The van der Waals surface area contributed by atoms with Crippen molar-refractivity contribution in [1.29, 1.82) is 0 Å². The summed E-state index contributed by atoms with van der Waals surface area (Å²) >= 11 is 3.17. The van der Waals surface area contributed by atoms with Crippen molar-refractivity contribution < 1.29 is 24.2 Å². The number of nitrogens with zero attached hydrogens (tertiary/aromatic N) is 1. The first kappa shape index (κ1) is 37.2. The van der Waals surface area contributed by atoms with Gasteiger partial charge < -0.3 is 25.4 Å². The van der Waals surface area contributed by atoms with Crippen LogP contribution in [-0.2, 0) is 14.4 Å². The Labute approximate surface area is 293 Å². The van der Waals surface area contributed by atoms with E-state index < -0.39 is 29.9 Å². The Kier molecular flexibility index (Phi) is 14.1. The van der Waals surface area contributed by atoms with Crippen LogP contribution in [0, 0.1) is 0 Å². The van der Waals surface area contributed by atoms with Crippen LogP contribution in [0.3, 0.4) is 0 Å². The number of carboxylic acids is 1. The van der Waals surface area contributed by atoms with E-state index in [1.54, 1.807) is 61.0 Å². The number of para-hydroxylation sites is 1. The highest BCUT2D eigenvalue weighted by Gasteiger charge is 2.36. The highest BCUT2D eigenvalue weighted by molar-refractivity contribution is 7.98. The molecule has 1 aliphatic rings. The zero-order valence-corrected chi connectivity index (χ0v) is 29.9. The van der Waals surface area contributed by atoms with Crippen molar-refractivity contribution in [2.75, 3.05) is 24.3 Å². The van der Waals surface area contributed by atoms with Crippen molar-refractivity contribution in [1.82, 2.24) is 15.4 Å². The molecule has 3 aromatic carbocycles. The summed E-state index contributed by atoms with van der Waals surface area (Å²) in [5.74, 6) is -1.66. The Morgan fingerprint density at radius 3 is 2.21 bits per heavy atom. The minimum atomic E-state index is -1.13. The van der Waals surface area contributed by atoms with Crippen LogP contribution in [0.1, 0.15) is 77.3 Å². The molecule has 0 radical (unpaired) electrons. The van der Waals surface area contributed by atoms with Crippen LogP contribution >= 0.6 is 23.7 Å². The number of hydrogen-bond donors (Lipinski definition) is 4. The van der Waals surface area contributed by atoms with E-state index in [2.05, 4.69) is 64.4 Å². The number of nitrogens with one attached hydrogen (secondary N) is 3. The van der Waals surface area contributed by atoms with Gasteiger partial charge in [0, 0.05) is 17.8 Å². The quantitative estimate of drug-likeness (QED) is 0.0843. The molecule has 4 rings (SSSR count). The van der Waals surface area contributed by atoms with Crippen molar-refractivity contribution in [3.05, 3.63) is 78.4 Å². The normalized spacial score (nSPS) is 15.0. The Morgan fingerprint density at radius 2 is 1.62 bits per heavy atom. The summed E-state index contributed by atoms with van der Waals surface area (Å²) < 4.78 is 10.0. The molecule has 0 bridgehead atoms. The highest BCUT2D eigenvalue weighted by Crippen LogP contribution is 2.46. The maximum absolute atomic E-state index is 13.3. The van der Waals surface area contributed by atoms with E-state index in [4.69, 9.17) is 4.74 Å². The fourth-order valence-corrected chi connectivity index (χ4v) is 7.40. The number of aliphatic carboxylic acids is 1. The van der Waals surface area contributed by atoms with Gasteiger partial charge in [-0.3, -0.25) is 14.3 Å². The second-order valence-corrected chi connectivity index (χ2v) is 13.8. The number of unbranched alkanes of at least 4 members (excludes halogenated alkanes) is 2. The SMILES string of the molecule is CCCCC1(CCCC)CN(c2ccccc2)c2cc(SC)c(OCC(=O)NC(C(=O)NC(CC)C(=O)O)c3ccccc3)cc2SN1. The van der Waals surface area contributed by atoms with E-state index in [9.17, 15) is 19.5 Å². The van der Waals surface area contributed by atoms with Gasteiger partial charge in [-0.25, -0.2) is 4.79 Å². The average molecular weight is 693 g/mol. The summed E-state index contributed by atoms with van der Waals surface area (Å²) in [6.07, 6.45) is 8.84. The van der Waals surface area contributed by atoms with Crippen LogP contribution in [0.5, 0.6) is 5.75 Å². The van der Waals surface area contributed by atoms with Crippen molar-refractivity contribution in [3.63, 3.8) is 0 Å². The van der Waals surface area contributed by atoms with E-state index in [1.165, 1.54) is 0 Å². The van der Waals surface area contributed by atoms with Gasteiger partial charge in [-0.15, -0.1) is 11.8 Å². The summed E-state index contributed by atoms with van der Waals surface area (Å²) in [5.41, 5.74) is 2.66. The molecule has 4 N–H and O–H groups in total. The van der Waals surface area contributed by atoms with Crippen LogP contribution < -0.4 is 25.0 Å². The summed E-state index contributed by atoms with van der Waals surface area (Å²) in [6.45, 7) is 6.65. The monoisotopic (exact) mass is 692 g/mol. The van der Waals surface area contributed by atoms with Gasteiger partial charge in [-0.1, -0.05) is 95.0 Å². The lowest BCUT2D eigenvalue weighted by Crippen LogP contribution is -2.49. The molecule has 0 fully saturated rings. The lowest BCUT2D eigenvalue weighted by molar-refractivity contribution is -0.142. The van der Waals surface area contributed by atoms with Crippen LogP contribution in [0.4, 0.5) is 11.4 Å². The molecule has 0 spiro atoms. The predicted octanol–water partition coefficient (Wildman–Crippen LogP) is 7.49. The van der Waals surface area contributed by atoms with E-state index >= 15 is 0 Å². The number of carboxylic acid groups (broad SMARTS) is 1. The number of carbonyl (C=O) groups is 3. The molecule has 11 heteroatoms. The zero-order chi connectivity index (χ0) is 34.5. The summed E-state index contributed by atoms with van der Waals surface area (Å²) in [4.78, 5) is 42.4. The third-order valence-corrected chi connectivity index (χ3v) is 10.4. The number of hydrogen-bond acceptors (Lipinski definition) is 8. The minimum Gasteiger partial charge on any atom is -0.483 e. The number of carbonyl (C=O) groups excluding carboxylic acids is 2. The minimum absolute atomic E-state index is 0.0869. The molecule has 2 amide bonds. The van der Waals surface area contributed by atoms with E-state index in [0.717, 1.165) is 66.2 Å². The fourth-order valence-electron chi connectivity index (χ4n) is 5.82. The Bertz CT molecular complexity index is 1500. The number of rotatable bonds is 17. The molecule has 2 unspecified atom stereocenters. The number of fused-ring (bicyclic) bond motifs is 1. The Morgan fingerprint density at radius 1 is 0.979 bits per heavy atom. The third kappa shape index (κ3) is 9.70. The van der Waals surface area contributed by atoms with Crippen LogP contribution in [0.2, 0.25) is 0 Å². The van der Waals surface area contributed by atoms with Crippen molar-refractivity contribution in [3.8, 4) is 5.75 Å². The summed E-state index contributed by atoms with van der Waals surface area (Å²) in [7, 11) is 0. The van der Waals surface area contributed by atoms with E-state index in [1.807, 2.05) is 18.4 Å². The smallest absolute Gasteiger partial charge is 0.326 e. The lowest BCUT2D eigenvalue weighted by Gasteiger charge is -2.38. The molecule has 0 saturated carbocycles. The topological polar surface area (TPSA) is 120 Å². The largest absolute Gasteiger partial charge is 0.483 e. The van der Waals surface area contributed by atoms with Crippen LogP contribution in [0.25, 0.3) is 0 Å². The van der Waals surface area contributed by atoms with Crippen molar-refractivity contribution in [2.24, 2.45) is 0 Å². The van der Waals surface area contributed by atoms with Gasteiger partial charge >= 0.3 is 5.97 Å². The maximum atomic E-state index is 13.3. The fraction of sp³-hybridized carbons (Fsp3) is 0.432. The van der Waals surface area contributed by atoms with E-state index in [-0.39, 0.29) is 18.6 Å². The molecule has 48 heavy (non-hydrogen) atoms. The van der Waals surface area contributed by atoms with Gasteiger partial charge in [0.25, 0.3) is 5.91 Å². The molecular weight excluding hydrogens is 645 g/mol. The standard InChI is InChI=1S/C37H48N4O5S2/c1-5-8-20-37(21-9-6-2)25-41(27-18-14-11-15-19-27)29-22-32(47-4)30(23-31(29)48-40-37)46-24-33(42)39-34(26-16-12-10-13-17-26)35(43)38-28(7-3)36(44)45/h10-19,22-23,28,34,40H,5-9,20-21,24-25H2,1-4H3,(H,38,43)(H,39,42)(H,44,45). The van der Waals surface area contributed by atoms with Gasteiger partial charge in [-0.05, 0) is 67.3 Å². The molecule has 0 aromatic heterocycles.